The number of aryl methyl sites for hydroxylation is 3. The molecule has 1 aromatic carbocycles. The molecule has 0 bridgehead atoms. The number of fused-ring (bicyclic) bond motifs is 1. The largest absolute Gasteiger partial charge is 0.460 e. The Hall–Kier alpha value is -3.16. The fourth-order valence-electron chi connectivity index (χ4n) is 2.92. The van der Waals surface area contributed by atoms with Gasteiger partial charge in [0.2, 0.25) is 15.9 Å². The molecule has 0 aliphatic rings. The minimum atomic E-state index is -3.97. The van der Waals surface area contributed by atoms with Crippen LogP contribution < -0.4 is 10.9 Å². The maximum atomic E-state index is 12.4. The molecule has 13 heteroatoms. The van der Waals surface area contributed by atoms with E-state index < -0.39 is 10.0 Å². The van der Waals surface area contributed by atoms with Crippen LogP contribution in [0.5, 0.6) is 0 Å². The highest BCUT2D eigenvalue weighted by Gasteiger charge is 2.14. The molecule has 0 aliphatic carbocycles. The fraction of sp³-hybridized carbons (Fsp3) is 0.200. The lowest BCUT2D eigenvalue weighted by molar-refractivity contribution is -0.113. The molecule has 0 fully saturated rings. The summed E-state index contributed by atoms with van der Waals surface area (Å²) in [4.78, 5) is 33.4. The highest BCUT2D eigenvalue weighted by molar-refractivity contribution is 7.99. The number of nitrogens with zero attached hydrogens (tertiary/aromatic N) is 3. The molecule has 2 N–H and O–H groups in total. The van der Waals surface area contributed by atoms with Crippen LogP contribution >= 0.6 is 23.1 Å². The van der Waals surface area contributed by atoms with E-state index in [1.807, 2.05) is 13.8 Å². The number of amides is 1. The lowest BCUT2D eigenvalue weighted by Crippen LogP contribution is -2.15. The molecule has 4 aromatic rings. The van der Waals surface area contributed by atoms with Crippen LogP contribution in [0.2, 0.25) is 0 Å². The molecule has 0 saturated carbocycles. The number of hydrogen-bond donors (Lipinski definition) is 2. The van der Waals surface area contributed by atoms with Gasteiger partial charge in [0.25, 0.3) is 5.56 Å². The zero-order chi connectivity index (χ0) is 23.8. The number of sulfonamides is 1. The van der Waals surface area contributed by atoms with Crippen LogP contribution in [0.1, 0.15) is 16.2 Å². The van der Waals surface area contributed by atoms with Crippen LogP contribution in [-0.2, 0) is 14.8 Å². The first-order valence-corrected chi connectivity index (χ1v) is 12.8. The first-order chi connectivity index (χ1) is 15.6. The molecule has 172 valence electrons. The highest BCUT2D eigenvalue weighted by atomic mass is 32.2. The van der Waals surface area contributed by atoms with Gasteiger partial charge in [-0.15, -0.1) is 11.3 Å². The number of nitrogens with one attached hydrogen (secondary N) is 2. The van der Waals surface area contributed by atoms with Gasteiger partial charge in [-0.3, -0.25) is 14.7 Å². The molecule has 10 nitrogen and oxygen atoms in total. The van der Waals surface area contributed by atoms with Gasteiger partial charge in [-0.25, -0.2) is 13.4 Å². The average Bonchev–Trinajstić information content (AvgIpc) is 3.28. The van der Waals surface area contributed by atoms with E-state index in [0.717, 1.165) is 22.2 Å². The molecule has 4 rings (SSSR count). The number of H-pyrrole nitrogens is 1. The summed E-state index contributed by atoms with van der Waals surface area (Å²) in [6.45, 7) is 5.44. The van der Waals surface area contributed by atoms with E-state index in [1.165, 1.54) is 41.7 Å². The lowest BCUT2D eigenvalue weighted by Gasteiger charge is -2.12. The topological polar surface area (TPSA) is 149 Å². The molecular formula is C20H18N5O5S3-. The molecule has 0 atom stereocenters. The van der Waals surface area contributed by atoms with Gasteiger partial charge in [-0.2, -0.15) is 0 Å². The van der Waals surface area contributed by atoms with Gasteiger partial charge in [0.05, 0.1) is 16.0 Å². The van der Waals surface area contributed by atoms with E-state index in [4.69, 9.17) is 4.52 Å². The van der Waals surface area contributed by atoms with Crippen LogP contribution in [-0.4, -0.2) is 35.2 Å². The van der Waals surface area contributed by atoms with Gasteiger partial charge >= 0.3 is 0 Å². The highest BCUT2D eigenvalue weighted by Crippen LogP contribution is 2.28. The number of carbonyl (C=O) groups excluding carboxylic acids is 1. The average molecular weight is 505 g/mol. The fourth-order valence-corrected chi connectivity index (χ4v) is 5.58. The number of aromatic amines is 1. The zero-order valence-corrected chi connectivity index (χ0v) is 20.2. The van der Waals surface area contributed by atoms with E-state index in [0.29, 0.717) is 26.8 Å². The predicted molar refractivity (Wildman–Crippen MR) is 127 cm³/mol. The summed E-state index contributed by atoms with van der Waals surface area (Å²) < 4.78 is 33.2. The Morgan fingerprint density at radius 3 is 2.64 bits per heavy atom. The first-order valence-electron chi connectivity index (χ1n) is 9.56. The minimum Gasteiger partial charge on any atom is -0.460 e. The second-order valence-corrected chi connectivity index (χ2v) is 10.8. The van der Waals surface area contributed by atoms with Gasteiger partial charge in [0.15, 0.2) is 5.16 Å². The monoisotopic (exact) mass is 504 g/mol. The number of anilines is 1. The molecule has 0 radical (unpaired) electrons. The van der Waals surface area contributed by atoms with Crippen molar-refractivity contribution in [2.45, 2.75) is 30.8 Å². The Morgan fingerprint density at radius 2 is 1.97 bits per heavy atom. The van der Waals surface area contributed by atoms with Crippen molar-refractivity contribution >= 4 is 60.8 Å². The summed E-state index contributed by atoms with van der Waals surface area (Å²) in [6.07, 6.45) is 0. The van der Waals surface area contributed by atoms with Crippen molar-refractivity contribution in [1.29, 1.82) is 0 Å². The number of carbonyl (C=O) groups is 1. The van der Waals surface area contributed by atoms with Gasteiger partial charge in [0.1, 0.15) is 10.6 Å². The summed E-state index contributed by atoms with van der Waals surface area (Å²) in [5, 5.41) is 7.16. The summed E-state index contributed by atoms with van der Waals surface area (Å²) in [6, 6.07) is 7.00. The van der Waals surface area contributed by atoms with Crippen molar-refractivity contribution in [1.82, 2.24) is 15.1 Å². The molecule has 3 heterocycles. The maximum absolute atomic E-state index is 12.4. The van der Waals surface area contributed by atoms with Crippen molar-refractivity contribution in [3.8, 4) is 0 Å². The molecule has 0 unspecified atom stereocenters. The van der Waals surface area contributed by atoms with Crippen LogP contribution in [0, 0.1) is 20.8 Å². The first kappa shape index (κ1) is 23.0. The summed E-state index contributed by atoms with van der Waals surface area (Å²) >= 11 is 2.54. The van der Waals surface area contributed by atoms with Crippen LogP contribution in [0.25, 0.3) is 14.9 Å². The van der Waals surface area contributed by atoms with E-state index in [9.17, 15) is 18.0 Å². The Kier molecular flexibility index (Phi) is 6.28. The Labute approximate surface area is 196 Å². The number of hydrogen-bond acceptors (Lipinski definition) is 9. The SMILES string of the molecule is Cc1cc([N-]S(=O)(=O)c2ccc(NC(=O)CSc3nc4sc(C)c(C)c4c(=O)[nH]3)cc2)no1. The molecule has 3 aromatic heterocycles. The molecule has 1 amide bonds. The lowest BCUT2D eigenvalue weighted by atomic mass is 10.2. The number of benzene rings is 1. The minimum absolute atomic E-state index is 0.0126. The van der Waals surface area contributed by atoms with Gasteiger partial charge in [-0.05, 0) is 62.5 Å². The zero-order valence-electron chi connectivity index (χ0n) is 17.7. The molecule has 0 saturated heterocycles. The quantitative estimate of drug-likeness (QED) is 0.283. The standard InChI is InChI=1S/C20H19N5O5S3/c1-10-8-15(24-30-10)25-33(28,29)14-6-4-13(5-7-14)21-16(26)9-31-20-22-18(27)17-11(2)12(3)32-19(17)23-20/h4-8H,9H2,1-3H3,(H3,21,22,23,24,25,26,27)/p-1. The second-order valence-electron chi connectivity index (χ2n) is 7.06. The number of thioether (sulfide) groups is 1. The second kappa shape index (κ2) is 9.00. The smallest absolute Gasteiger partial charge is 0.260 e. The molecule has 0 aliphatic heterocycles. The Balaban J connectivity index is 1.38. The van der Waals surface area contributed by atoms with Crippen molar-refractivity contribution in [2.75, 3.05) is 11.1 Å². The van der Waals surface area contributed by atoms with E-state index in [1.54, 1.807) is 6.92 Å². The number of thiophene rings is 1. The van der Waals surface area contributed by atoms with Crippen LogP contribution in [0.15, 0.2) is 49.7 Å². The van der Waals surface area contributed by atoms with E-state index in [2.05, 4.69) is 25.2 Å². The summed E-state index contributed by atoms with van der Waals surface area (Å²) in [7, 11) is -3.97. The third-order valence-electron chi connectivity index (χ3n) is 4.62. The third kappa shape index (κ3) is 5.10. The third-order valence-corrected chi connectivity index (χ3v) is 7.89. The maximum Gasteiger partial charge on any atom is 0.260 e. The van der Waals surface area contributed by atoms with Gasteiger partial charge in [-0.1, -0.05) is 11.8 Å². The van der Waals surface area contributed by atoms with Crippen molar-refractivity contribution in [3.63, 3.8) is 0 Å². The normalized spacial score (nSPS) is 11.6. The van der Waals surface area contributed by atoms with Crippen LogP contribution in [0.3, 0.4) is 0 Å². The molecule has 33 heavy (non-hydrogen) atoms. The van der Waals surface area contributed by atoms with Crippen molar-refractivity contribution in [3.05, 3.63) is 61.6 Å². The van der Waals surface area contributed by atoms with Gasteiger partial charge in [0, 0.05) is 10.6 Å². The van der Waals surface area contributed by atoms with E-state index >= 15 is 0 Å². The van der Waals surface area contributed by atoms with Gasteiger partial charge < -0.3 is 19.5 Å². The van der Waals surface area contributed by atoms with Crippen molar-refractivity contribution in [2.24, 2.45) is 0 Å². The molecule has 0 spiro atoms. The summed E-state index contributed by atoms with van der Waals surface area (Å²) in [5.74, 6) is 0.0811. The Bertz CT molecular complexity index is 1500. The Morgan fingerprint density at radius 1 is 1.24 bits per heavy atom. The van der Waals surface area contributed by atoms with Crippen LogP contribution in [0.4, 0.5) is 11.5 Å². The molecular weight excluding hydrogens is 486 g/mol. The van der Waals surface area contributed by atoms with Crippen molar-refractivity contribution < 1.29 is 17.7 Å². The van der Waals surface area contributed by atoms with E-state index in [-0.39, 0.29) is 27.9 Å². The number of aromatic nitrogens is 3. The summed E-state index contributed by atoms with van der Waals surface area (Å²) in [5.41, 5.74) is 1.10. The number of rotatable bonds is 7. The predicted octanol–water partition coefficient (Wildman–Crippen LogP) is 4.02.